The lowest BCUT2D eigenvalue weighted by atomic mass is 9.98. The lowest BCUT2D eigenvalue weighted by Gasteiger charge is -2.14. The summed E-state index contributed by atoms with van der Waals surface area (Å²) in [5.74, 6) is 1.08. The fourth-order valence-electron chi connectivity index (χ4n) is 2.00. The Morgan fingerprint density at radius 3 is 2.26 bits per heavy atom. The number of benzene rings is 1. The highest BCUT2D eigenvalue weighted by Crippen LogP contribution is 2.28. The Hall–Kier alpha value is -1.87. The summed E-state index contributed by atoms with van der Waals surface area (Å²) >= 11 is 0. The van der Waals surface area contributed by atoms with E-state index < -0.39 is 6.10 Å². The molecule has 0 radical (unpaired) electrons. The summed E-state index contributed by atoms with van der Waals surface area (Å²) in [5, 5.41) is 10.4. The highest BCUT2D eigenvalue weighted by molar-refractivity contribution is 5.36. The van der Waals surface area contributed by atoms with Crippen LogP contribution in [-0.4, -0.2) is 17.2 Å². The van der Waals surface area contributed by atoms with Crippen LogP contribution in [-0.2, 0) is 0 Å². The molecule has 19 heavy (non-hydrogen) atoms. The molecule has 0 aliphatic carbocycles. The number of rotatable bonds is 4. The number of hydrogen-bond acceptors (Lipinski definition) is 3. The van der Waals surface area contributed by atoms with Gasteiger partial charge in [0, 0.05) is 6.20 Å². The minimum absolute atomic E-state index is 0.482. The first-order valence-corrected chi connectivity index (χ1v) is 6.40. The van der Waals surface area contributed by atoms with Crippen molar-refractivity contribution in [3.05, 3.63) is 59.4 Å². The van der Waals surface area contributed by atoms with Crippen LogP contribution in [0.4, 0.5) is 0 Å². The van der Waals surface area contributed by atoms with Gasteiger partial charge in [-0.05, 0) is 29.2 Å². The van der Waals surface area contributed by atoms with Crippen LogP contribution in [0.25, 0.3) is 0 Å². The first-order chi connectivity index (χ1) is 9.13. The number of ether oxygens (including phenoxy) is 1. The molecule has 0 fully saturated rings. The van der Waals surface area contributed by atoms with Gasteiger partial charge >= 0.3 is 0 Å². The standard InChI is InChI=1S/C16H19NO2/c1-11(2)12-6-8-13(9-7-12)16(18)15-14(19-3)5-4-10-17-15/h4-11,16,18H,1-3H3. The second-order valence-corrected chi connectivity index (χ2v) is 4.81. The molecule has 0 amide bonds. The molecule has 0 saturated heterocycles. The van der Waals surface area contributed by atoms with E-state index in [1.807, 2.05) is 24.3 Å². The third kappa shape index (κ3) is 2.93. The number of nitrogens with zero attached hydrogens (tertiary/aromatic N) is 1. The largest absolute Gasteiger partial charge is 0.495 e. The van der Waals surface area contributed by atoms with Crippen molar-refractivity contribution in [2.24, 2.45) is 0 Å². The first-order valence-electron chi connectivity index (χ1n) is 6.40. The lowest BCUT2D eigenvalue weighted by molar-refractivity contribution is 0.209. The van der Waals surface area contributed by atoms with Crippen LogP contribution >= 0.6 is 0 Å². The quantitative estimate of drug-likeness (QED) is 0.913. The molecule has 0 saturated carbocycles. The molecule has 100 valence electrons. The number of aliphatic hydroxyl groups excluding tert-OH is 1. The van der Waals surface area contributed by atoms with E-state index in [2.05, 4.69) is 18.8 Å². The molecule has 3 nitrogen and oxygen atoms in total. The zero-order valence-electron chi connectivity index (χ0n) is 11.5. The Bertz CT molecular complexity index is 535. The van der Waals surface area contributed by atoms with Crippen LogP contribution in [0.3, 0.4) is 0 Å². The maximum absolute atomic E-state index is 10.4. The van der Waals surface area contributed by atoms with Crippen molar-refractivity contribution in [1.82, 2.24) is 4.98 Å². The van der Waals surface area contributed by atoms with Crippen molar-refractivity contribution in [2.75, 3.05) is 7.11 Å². The molecule has 1 N–H and O–H groups in total. The second kappa shape index (κ2) is 5.85. The van der Waals surface area contributed by atoms with Gasteiger partial charge in [-0.3, -0.25) is 4.98 Å². The highest BCUT2D eigenvalue weighted by Gasteiger charge is 2.16. The number of hydrogen-bond donors (Lipinski definition) is 1. The molecule has 0 bridgehead atoms. The Kier molecular flexibility index (Phi) is 4.17. The molecule has 2 aromatic rings. The molecule has 0 spiro atoms. The van der Waals surface area contributed by atoms with Gasteiger partial charge in [0.1, 0.15) is 17.5 Å². The van der Waals surface area contributed by atoms with Crippen LogP contribution < -0.4 is 4.74 Å². The Balaban J connectivity index is 2.30. The van der Waals surface area contributed by atoms with E-state index in [4.69, 9.17) is 4.74 Å². The maximum atomic E-state index is 10.4. The third-order valence-electron chi connectivity index (χ3n) is 3.20. The lowest BCUT2D eigenvalue weighted by Crippen LogP contribution is -2.05. The van der Waals surface area contributed by atoms with Crippen LogP contribution in [0.15, 0.2) is 42.6 Å². The van der Waals surface area contributed by atoms with Crippen LogP contribution in [0, 0.1) is 0 Å². The molecule has 0 aliphatic heterocycles. The minimum Gasteiger partial charge on any atom is -0.495 e. The molecule has 1 aromatic carbocycles. The summed E-state index contributed by atoms with van der Waals surface area (Å²) in [5.41, 5.74) is 2.62. The fourth-order valence-corrected chi connectivity index (χ4v) is 2.00. The predicted molar refractivity (Wildman–Crippen MR) is 75.4 cm³/mol. The summed E-state index contributed by atoms with van der Waals surface area (Å²) in [6, 6.07) is 11.5. The predicted octanol–water partition coefficient (Wildman–Crippen LogP) is 3.30. The van der Waals surface area contributed by atoms with Gasteiger partial charge in [0.05, 0.1) is 7.11 Å². The van der Waals surface area contributed by atoms with Crippen molar-refractivity contribution in [3.63, 3.8) is 0 Å². The minimum atomic E-state index is -0.766. The van der Waals surface area contributed by atoms with Gasteiger partial charge in [0.2, 0.25) is 0 Å². The monoisotopic (exact) mass is 257 g/mol. The van der Waals surface area contributed by atoms with Crippen molar-refractivity contribution in [2.45, 2.75) is 25.9 Å². The molecular weight excluding hydrogens is 238 g/mol. The average molecular weight is 257 g/mol. The van der Waals surface area contributed by atoms with Gasteiger partial charge in [-0.1, -0.05) is 38.1 Å². The first kappa shape index (κ1) is 13.6. The van der Waals surface area contributed by atoms with Crippen LogP contribution in [0.1, 0.15) is 42.7 Å². The number of aliphatic hydroxyl groups is 1. The fraction of sp³-hybridized carbons (Fsp3) is 0.312. The van der Waals surface area contributed by atoms with Crippen molar-refractivity contribution in [1.29, 1.82) is 0 Å². The smallest absolute Gasteiger partial charge is 0.143 e. The summed E-state index contributed by atoms with van der Waals surface area (Å²) in [7, 11) is 1.58. The zero-order chi connectivity index (χ0) is 13.8. The van der Waals surface area contributed by atoms with Crippen LogP contribution in [0.2, 0.25) is 0 Å². The third-order valence-corrected chi connectivity index (χ3v) is 3.20. The van der Waals surface area contributed by atoms with E-state index in [0.717, 1.165) is 5.56 Å². The second-order valence-electron chi connectivity index (χ2n) is 4.81. The van der Waals surface area contributed by atoms with Gasteiger partial charge in [-0.2, -0.15) is 0 Å². The van der Waals surface area contributed by atoms with Crippen molar-refractivity contribution < 1.29 is 9.84 Å². The molecule has 1 unspecified atom stereocenters. The summed E-state index contributed by atoms with van der Waals surface area (Å²) in [6.07, 6.45) is 0.890. The van der Waals surface area contributed by atoms with E-state index in [0.29, 0.717) is 17.4 Å². The zero-order valence-corrected chi connectivity index (χ0v) is 11.5. The molecule has 1 heterocycles. The van der Waals surface area contributed by atoms with E-state index in [-0.39, 0.29) is 0 Å². The van der Waals surface area contributed by atoms with Gasteiger partial charge in [0.25, 0.3) is 0 Å². The Morgan fingerprint density at radius 1 is 1.05 bits per heavy atom. The molecule has 0 aliphatic rings. The van der Waals surface area contributed by atoms with E-state index >= 15 is 0 Å². The SMILES string of the molecule is COc1cccnc1C(O)c1ccc(C(C)C)cc1. The number of methoxy groups -OCH3 is 1. The topological polar surface area (TPSA) is 42.4 Å². The van der Waals surface area contributed by atoms with Gasteiger partial charge in [-0.15, -0.1) is 0 Å². The summed E-state index contributed by atoms with van der Waals surface area (Å²) < 4.78 is 5.23. The van der Waals surface area contributed by atoms with E-state index in [9.17, 15) is 5.11 Å². The summed E-state index contributed by atoms with van der Waals surface area (Å²) in [4.78, 5) is 4.21. The van der Waals surface area contributed by atoms with E-state index in [1.165, 1.54) is 5.56 Å². The van der Waals surface area contributed by atoms with Crippen molar-refractivity contribution >= 4 is 0 Å². The number of pyridine rings is 1. The Morgan fingerprint density at radius 2 is 1.68 bits per heavy atom. The number of aromatic nitrogens is 1. The van der Waals surface area contributed by atoms with Gasteiger partial charge < -0.3 is 9.84 Å². The normalized spacial score (nSPS) is 12.5. The maximum Gasteiger partial charge on any atom is 0.143 e. The molecular formula is C16H19NO2. The molecule has 2 rings (SSSR count). The molecule has 1 atom stereocenters. The van der Waals surface area contributed by atoms with Gasteiger partial charge in [0.15, 0.2) is 0 Å². The molecule has 1 aromatic heterocycles. The molecule has 3 heteroatoms. The highest BCUT2D eigenvalue weighted by atomic mass is 16.5. The van der Waals surface area contributed by atoms with Crippen molar-refractivity contribution in [3.8, 4) is 5.75 Å². The van der Waals surface area contributed by atoms with Crippen LogP contribution in [0.5, 0.6) is 5.75 Å². The average Bonchev–Trinajstić information content (AvgIpc) is 2.46. The van der Waals surface area contributed by atoms with Gasteiger partial charge in [-0.25, -0.2) is 0 Å². The summed E-state index contributed by atoms with van der Waals surface area (Å²) in [6.45, 7) is 4.29. The Labute approximate surface area is 113 Å². The van der Waals surface area contributed by atoms with E-state index in [1.54, 1.807) is 25.4 Å².